The van der Waals surface area contributed by atoms with Gasteiger partial charge < -0.3 is 14.8 Å². The van der Waals surface area contributed by atoms with E-state index in [4.69, 9.17) is 9.47 Å². The van der Waals surface area contributed by atoms with Crippen molar-refractivity contribution < 1.29 is 28.8 Å². The van der Waals surface area contributed by atoms with Gasteiger partial charge in [-0.1, -0.05) is 30.3 Å². The Balaban J connectivity index is 2.00. The van der Waals surface area contributed by atoms with Crippen molar-refractivity contribution in [2.75, 3.05) is 13.7 Å². The molecule has 9 heteroatoms. The van der Waals surface area contributed by atoms with E-state index in [1.807, 2.05) is 30.3 Å². The molecule has 0 radical (unpaired) electrons. The number of non-ortho nitro benzene ring substituents is 1. The fourth-order valence-corrected chi connectivity index (χ4v) is 2.56. The number of nitro benzene ring substituents is 1. The highest BCUT2D eigenvalue weighted by atomic mass is 16.6. The van der Waals surface area contributed by atoms with Gasteiger partial charge in [0, 0.05) is 12.1 Å². The van der Waals surface area contributed by atoms with Crippen LogP contribution in [0.1, 0.15) is 22.8 Å². The van der Waals surface area contributed by atoms with Gasteiger partial charge in [-0.15, -0.1) is 0 Å². The highest BCUT2D eigenvalue weighted by molar-refractivity contribution is 5.95. The summed E-state index contributed by atoms with van der Waals surface area (Å²) in [4.78, 5) is 46.4. The number of carbonyl (C=O) groups is 3. The third-order valence-electron chi connectivity index (χ3n) is 4.06. The minimum absolute atomic E-state index is 0.0756. The Kier molecular flexibility index (Phi) is 7.41. The fraction of sp³-hybridized carbons (Fsp3) is 0.250. The number of methoxy groups -OCH3 is 1. The van der Waals surface area contributed by atoms with Crippen molar-refractivity contribution in [1.82, 2.24) is 5.32 Å². The lowest BCUT2D eigenvalue weighted by atomic mass is 10.0. The number of hydrogen-bond acceptors (Lipinski definition) is 7. The van der Waals surface area contributed by atoms with Crippen LogP contribution in [0.5, 0.6) is 5.75 Å². The Morgan fingerprint density at radius 1 is 1.14 bits per heavy atom. The highest BCUT2D eigenvalue weighted by Gasteiger charge is 2.22. The minimum Gasteiger partial charge on any atom is -0.496 e. The van der Waals surface area contributed by atoms with E-state index in [1.165, 1.54) is 26.2 Å². The molecule has 1 N–H and O–H groups in total. The molecular weight excluding hydrogens is 380 g/mol. The maximum Gasteiger partial charge on any atom is 0.342 e. The van der Waals surface area contributed by atoms with E-state index in [9.17, 15) is 24.5 Å². The molecule has 0 aliphatic heterocycles. The van der Waals surface area contributed by atoms with Crippen molar-refractivity contribution in [3.63, 3.8) is 0 Å². The van der Waals surface area contributed by atoms with Crippen LogP contribution in [0.15, 0.2) is 48.5 Å². The molecule has 9 nitrogen and oxygen atoms in total. The molecule has 0 aliphatic rings. The van der Waals surface area contributed by atoms with Gasteiger partial charge in [0.2, 0.25) is 0 Å². The van der Waals surface area contributed by atoms with Crippen LogP contribution in [-0.2, 0) is 20.7 Å². The number of nitro groups is 1. The Hall–Kier alpha value is -3.75. The van der Waals surface area contributed by atoms with E-state index >= 15 is 0 Å². The third-order valence-corrected chi connectivity index (χ3v) is 4.06. The molecule has 2 aromatic rings. The first-order valence-electron chi connectivity index (χ1n) is 8.65. The Morgan fingerprint density at radius 2 is 1.83 bits per heavy atom. The zero-order valence-corrected chi connectivity index (χ0v) is 15.9. The first-order valence-corrected chi connectivity index (χ1v) is 8.65. The molecule has 2 rings (SSSR count). The number of amides is 1. The number of nitrogens with one attached hydrogen (secondary N) is 1. The Morgan fingerprint density at radius 3 is 2.41 bits per heavy atom. The molecule has 0 aliphatic carbocycles. The summed E-state index contributed by atoms with van der Waals surface area (Å²) in [6, 6.07) is 11.8. The SMILES string of the molecule is COc1ccc([N+](=O)[O-])cc1C(=O)OCC(=O)N[C@H](Cc1ccccc1)C(C)=O. The Labute approximate surface area is 166 Å². The van der Waals surface area contributed by atoms with Crippen LogP contribution in [0.4, 0.5) is 5.69 Å². The number of Topliss-reactive ketones (excluding diaryl/α,β-unsaturated/α-hetero) is 1. The number of ketones is 1. The van der Waals surface area contributed by atoms with Gasteiger partial charge in [-0.25, -0.2) is 4.79 Å². The van der Waals surface area contributed by atoms with Crippen molar-refractivity contribution in [3.05, 3.63) is 69.8 Å². The molecule has 29 heavy (non-hydrogen) atoms. The van der Waals surface area contributed by atoms with Crippen LogP contribution in [0.25, 0.3) is 0 Å². The van der Waals surface area contributed by atoms with Crippen LogP contribution >= 0.6 is 0 Å². The molecule has 0 spiro atoms. The van der Waals surface area contributed by atoms with Crippen molar-refractivity contribution >= 4 is 23.3 Å². The zero-order valence-electron chi connectivity index (χ0n) is 15.9. The summed E-state index contributed by atoms with van der Waals surface area (Å²) in [6.07, 6.45) is 0.300. The molecule has 0 fully saturated rings. The maximum atomic E-state index is 12.2. The van der Waals surface area contributed by atoms with Crippen LogP contribution in [0.3, 0.4) is 0 Å². The number of hydrogen-bond donors (Lipinski definition) is 1. The fourth-order valence-electron chi connectivity index (χ4n) is 2.56. The highest BCUT2D eigenvalue weighted by Crippen LogP contribution is 2.24. The number of benzene rings is 2. The average Bonchev–Trinajstić information content (AvgIpc) is 2.71. The van der Waals surface area contributed by atoms with Crippen LogP contribution in [0.2, 0.25) is 0 Å². The summed E-state index contributed by atoms with van der Waals surface area (Å²) in [7, 11) is 1.30. The molecule has 0 unspecified atom stereocenters. The van der Waals surface area contributed by atoms with Crippen molar-refractivity contribution in [2.24, 2.45) is 0 Å². The van der Waals surface area contributed by atoms with Gasteiger partial charge in [0.1, 0.15) is 11.3 Å². The largest absolute Gasteiger partial charge is 0.496 e. The van der Waals surface area contributed by atoms with Gasteiger partial charge in [0.15, 0.2) is 12.4 Å². The normalized spacial score (nSPS) is 11.2. The topological polar surface area (TPSA) is 125 Å². The summed E-state index contributed by atoms with van der Waals surface area (Å²) in [5.74, 6) is -1.79. The molecule has 0 saturated heterocycles. The van der Waals surface area contributed by atoms with Crippen molar-refractivity contribution in [1.29, 1.82) is 0 Å². The van der Waals surface area contributed by atoms with E-state index in [0.717, 1.165) is 11.6 Å². The predicted octanol–water partition coefficient (Wildman–Crippen LogP) is 2.08. The van der Waals surface area contributed by atoms with Crippen LogP contribution in [0, 0.1) is 10.1 Å². The average molecular weight is 400 g/mol. The minimum atomic E-state index is -0.955. The second-order valence-electron chi connectivity index (χ2n) is 6.14. The van der Waals surface area contributed by atoms with E-state index < -0.39 is 29.4 Å². The number of rotatable bonds is 9. The molecule has 2 aromatic carbocycles. The molecule has 1 atom stereocenters. The van der Waals surface area contributed by atoms with Gasteiger partial charge in [0.05, 0.1) is 18.1 Å². The van der Waals surface area contributed by atoms with Crippen molar-refractivity contribution in [2.45, 2.75) is 19.4 Å². The van der Waals surface area contributed by atoms with Gasteiger partial charge in [-0.2, -0.15) is 0 Å². The summed E-state index contributed by atoms with van der Waals surface area (Å²) < 4.78 is 9.93. The van der Waals surface area contributed by atoms with Gasteiger partial charge >= 0.3 is 5.97 Å². The molecule has 0 aromatic heterocycles. The molecule has 0 bridgehead atoms. The van der Waals surface area contributed by atoms with E-state index in [1.54, 1.807) is 0 Å². The van der Waals surface area contributed by atoms with Crippen LogP contribution < -0.4 is 10.1 Å². The van der Waals surface area contributed by atoms with E-state index in [2.05, 4.69) is 5.32 Å². The number of ether oxygens (including phenoxy) is 2. The number of nitrogens with zero attached hydrogens (tertiary/aromatic N) is 1. The molecule has 152 valence electrons. The predicted molar refractivity (Wildman–Crippen MR) is 103 cm³/mol. The van der Waals surface area contributed by atoms with E-state index in [0.29, 0.717) is 6.42 Å². The van der Waals surface area contributed by atoms with Gasteiger partial charge in [0.25, 0.3) is 11.6 Å². The van der Waals surface area contributed by atoms with Gasteiger partial charge in [-0.05, 0) is 25.0 Å². The lowest BCUT2D eigenvalue weighted by Gasteiger charge is -2.16. The smallest absolute Gasteiger partial charge is 0.342 e. The first-order chi connectivity index (χ1) is 13.8. The third kappa shape index (κ3) is 6.13. The second-order valence-corrected chi connectivity index (χ2v) is 6.14. The Bertz CT molecular complexity index is 912. The summed E-state index contributed by atoms with van der Waals surface area (Å²) >= 11 is 0. The van der Waals surface area contributed by atoms with Gasteiger partial charge in [-0.3, -0.25) is 19.7 Å². The standard InChI is InChI=1S/C20H20N2O7/c1-13(23)17(10-14-6-4-3-5-7-14)21-19(24)12-29-20(25)16-11-15(22(26)27)8-9-18(16)28-2/h3-9,11,17H,10,12H2,1-2H3,(H,21,24)/t17-/m1/s1. The second kappa shape index (κ2) is 9.98. The molecule has 0 saturated carbocycles. The molecular formula is C20H20N2O7. The monoisotopic (exact) mass is 400 g/mol. The number of carbonyl (C=O) groups excluding carboxylic acids is 3. The summed E-state index contributed by atoms with van der Waals surface area (Å²) in [6.45, 7) is 0.705. The lowest BCUT2D eigenvalue weighted by Crippen LogP contribution is -2.43. The summed E-state index contributed by atoms with van der Waals surface area (Å²) in [5.41, 5.74) is 0.370. The molecule has 0 heterocycles. The zero-order chi connectivity index (χ0) is 21.4. The molecule has 1 amide bonds. The lowest BCUT2D eigenvalue weighted by molar-refractivity contribution is -0.384. The van der Waals surface area contributed by atoms with Crippen LogP contribution in [-0.4, -0.2) is 42.3 Å². The van der Waals surface area contributed by atoms with Crippen molar-refractivity contribution in [3.8, 4) is 5.75 Å². The summed E-state index contributed by atoms with van der Waals surface area (Å²) in [5, 5.41) is 13.4. The first kappa shape index (κ1) is 21.5. The maximum absolute atomic E-state index is 12.2. The van der Waals surface area contributed by atoms with E-state index in [-0.39, 0.29) is 22.8 Å². The number of esters is 1. The quantitative estimate of drug-likeness (QED) is 0.388.